The zero-order valence-electron chi connectivity index (χ0n) is 26.7. The fraction of sp³-hybridized carbons (Fsp3) is 0.576. The molecule has 1 atom stereocenters. The summed E-state index contributed by atoms with van der Waals surface area (Å²) in [4.78, 5) is 25.8. The van der Waals surface area contributed by atoms with Gasteiger partial charge in [-0.3, -0.25) is 4.79 Å². The summed E-state index contributed by atoms with van der Waals surface area (Å²) in [6.07, 6.45) is 3.85. The SMILES string of the molecule is CCCCCC(CC(=O)Nc1cc(CNC(=O)OC(C)(C)C)ccc1C(C)(C)C)c1cc(OC)c(OC)c(OC)c1. The molecule has 0 spiro atoms. The van der Waals surface area contributed by atoms with Crippen LogP contribution in [0.2, 0.25) is 0 Å². The average Bonchev–Trinajstić information content (AvgIpc) is 2.89. The highest BCUT2D eigenvalue weighted by Gasteiger charge is 2.24. The largest absolute Gasteiger partial charge is 0.493 e. The zero-order valence-corrected chi connectivity index (χ0v) is 26.7. The number of benzene rings is 2. The monoisotopic (exact) mass is 570 g/mol. The fourth-order valence-corrected chi connectivity index (χ4v) is 4.74. The molecule has 0 radical (unpaired) electrons. The molecular weight excluding hydrogens is 520 g/mol. The maximum absolute atomic E-state index is 13.6. The van der Waals surface area contributed by atoms with Gasteiger partial charge in [-0.05, 0) is 73.4 Å². The molecule has 2 amide bonds. The van der Waals surface area contributed by atoms with E-state index in [4.69, 9.17) is 18.9 Å². The van der Waals surface area contributed by atoms with Gasteiger partial charge in [0.15, 0.2) is 11.5 Å². The number of unbranched alkanes of at least 4 members (excludes halogenated alkanes) is 2. The molecule has 228 valence electrons. The molecule has 8 heteroatoms. The van der Waals surface area contributed by atoms with E-state index in [2.05, 4.69) is 38.3 Å². The third-order valence-corrected chi connectivity index (χ3v) is 6.75. The van der Waals surface area contributed by atoms with E-state index in [0.717, 1.165) is 48.1 Å². The van der Waals surface area contributed by atoms with Gasteiger partial charge in [0.1, 0.15) is 5.60 Å². The van der Waals surface area contributed by atoms with Crippen LogP contribution >= 0.6 is 0 Å². The van der Waals surface area contributed by atoms with E-state index in [0.29, 0.717) is 23.7 Å². The Labute approximate surface area is 246 Å². The zero-order chi connectivity index (χ0) is 30.8. The number of carbonyl (C=O) groups is 2. The summed E-state index contributed by atoms with van der Waals surface area (Å²) in [5, 5.41) is 5.98. The van der Waals surface area contributed by atoms with Crippen molar-refractivity contribution in [2.45, 2.75) is 104 Å². The molecular formula is C33H50N2O6. The minimum atomic E-state index is -0.578. The Morgan fingerprint density at radius 2 is 1.51 bits per heavy atom. The van der Waals surface area contributed by atoms with Crippen LogP contribution in [0.25, 0.3) is 0 Å². The molecule has 2 aromatic rings. The number of methoxy groups -OCH3 is 3. The van der Waals surface area contributed by atoms with Crippen LogP contribution in [0, 0.1) is 0 Å². The van der Waals surface area contributed by atoms with Crippen molar-refractivity contribution in [3.05, 3.63) is 47.0 Å². The van der Waals surface area contributed by atoms with Crippen LogP contribution in [-0.2, 0) is 21.5 Å². The second kappa shape index (κ2) is 15.0. The van der Waals surface area contributed by atoms with Gasteiger partial charge in [-0.2, -0.15) is 0 Å². The fourth-order valence-electron chi connectivity index (χ4n) is 4.74. The highest BCUT2D eigenvalue weighted by atomic mass is 16.6. The summed E-state index contributed by atoms with van der Waals surface area (Å²) >= 11 is 0. The van der Waals surface area contributed by atoms with Crippen LogP contribution in [0.1, 0.15) is 103 Å². The Balaban J connectivity index is 2.33. The van der Waals surface area contributed by atoms with Crippen molar-refractivity contribution in [2.24, 2.45) is 0 Å². The lowest BCUT2D eigenvalue weighted by atomic mass is 9.85. The van der Waals surface area contributed by atoms with E-state index in [1.54, 1.807) is 21.3 Å². The molecule has 0 fully saturated rings. The van der Waals surface area contributed by atoms with Gasteiger partial charge in [0.25, 0.3) is 0 Å². The summed E-state index contributed by atoms with van der Waals surface area (Å²) in [6.45, 7) is 14.3. The molecule has 0 saturated heterocycles. The summed E-state index contributed by atoms with van der Waals surface area (Å²) in [5.74, 6) is 1.56. The van der Waals surface area contributed by atoms with Crippen LogP contribution in [0.5, 0.6) is 17.2 Å². The molecule has 2 rings (SSSR count). The molecule has 2 N–H and O–H groups in total. The van der Waals surface area contributed by atoms with Crippen molar-refractivity contribution >= 4 is 17.7 Å². The van der Waals surface area contributed by atoms with E-state index in [1.165, 1.54) is 0 Å². The molecule has 2 aromatic carbocycles. The number of hydrogen-bond acceptors (Lipinski definition) is 6. The normalized spacial score (nSPS) is 12.3. The highest BCUT2D eigenvalue weighted by molar-refractivity contribution is 5.92. The third-order valence-electron chi connectivity index (χ3n) is 6.75. The van der Waals surface area contributed by atoms with Crippen molar-refractivity contribution in [3.8, 4) is 17.2 Å². The third kappa shape index (κ3) is 10.5. The lowest BCUT2D eigenvalue weighted by Gasteiger charge is -2.25. The first kappa shape index (κ1) is 33.8. The van der Waals surface area contributed by atoms with Gasteiger partial charge in [0.05, 0.1) is 21.3 Å². The molecule has 0 heterocycles. The Bertz CT molecular complexity index is 1140. The number of hydrogen-bond donors (Lipinski definition) is 2. The highest BCUT2D eigenvalue weighted by Crippen LogP contribution is 2.42. The van der Waals surface area contributed by atoms with Gasteiger partial charge in [-0.1, -0.05) is 59.1 Å². The molecule has 0 aromatic heterocycles. The quantitative estimate of drug-likeness (QED) is 0.239. The number of carbonyl (C=O) groups excluding carboxylic acids is 2. The summed E-state index contributed by atoms with van der Waals surface area (Å²) in [5.41, 5.74) is 2.81. The lowest BCUT2D eigenvalue weighted by molar-refractivity contribution is -0.116. The van der Waals surface area contributed by atoms with Crippen molar-refractivity contribution in [3.63, 3.8) is 0 Å². The van der Waals surface area contributed by atoms with Crippen LogP contribution in [0.3, 0.4) is 0 Å². The van der Waals surface area contributed by atoms with Crippen molar-refractivity contribution in [1.29, 1.82) is 0 Å². The predicted molar refractivity (Wildman–Crippen MR) is 164 cm³/mol. The van der Waals surface area contributed by atoms with Crippen molar-refractivity contribution in [2.75, 3.05) is 26.6 Å². The summed E-state index contributed by atoms with van der Waals surface area (Å²) < 4.78 is 22.0. The van der Waals surface area contributed by atoms with Gasteiger partial charge < -0.3 is 29.6 Å². The van der Waals surface area contributed by atoms with Gasteiger partial charge in [0, 0.05) is 18.7 Å². The molecule has 0 aliphatic carbocycles. The molecule has 0 saturated carbocycles. The van der Waals surface area contributed by atoms with Gasteiger partial charge >= 0.3 is 6.09 Å². The first-order chi connectivity index (χ1) is 19.2. The predicted octanol–water partition coefficient (Wildman–Crippen LogP) is 7.73. The van der Waals surface area contributed by atoms with E-state index < -0.39 is 11.7 Å². The smallest absolute Gasteiger partial charge is 0.407 e. The molecule has 8 nitrogen and oxygen atoms in total. The van der Waals surface area contributed by atoms with E-state index in [1.807, 2.05) is 51.1 Å². The minimum Gasteiger partial charge on any atom is -0.493 e. The van der Waals surface area contributed by atoms with Crippen LogP contribution in [0.15, 0.2) is 30.3 Å². The van der Waals surface area contributed by atoms with Crippen LogP contribution < -0.4 is 24.8 Å². The van der Waals surface area contributed by atoms with E-state index in [-0.39, 0.29) is 23.8 Å². The molecule has 0 aliphatic heterocycles. The minimum absolute atomic E-state index is 0.0367. The Morgan fingerprint density at radius 3 is 2.02 bits per heavy atom. The first-order valence-corrected chi connectivity index (χ1v) is 14.4. The standard InChI is InChI=1S/C33H50N2O6/c1-11-12-13-14-23(24-18-27(38-8)30(40-10)28(19-24)39-9)20-29(36)35-26-17-22(15-16-25(26)32(2,3)4)21-34-31(37)41-33(5,6)7/h15-19,23H,11-14,20-21H2,1-10H3,(H,34,37)(H,35,36). The summed E-state index contributed by atoms with van der Waals surface area (Å²) in [6, 6.07) is 9.79. The number of alkyl carbamates (subject to hydrolysis) is 1. The second-order valence-corrected chi connectivity index (χ2v) is 12.4. The molecule has 1 unspecified atom stereocenters. The number of ether oxygens (including phenoxy) is 4. The van der Waals surface area contributed by atoms with Crippen molar-refractivity contribution < 1.29 is 28.5 Å². The number of anilines is 1. The number of rotatable bonds is 13. The molecule has 41 heavy (non-hydrogen) atoms. The average molecular weight is 571 g/mol. The van der Waals surface area contributed by atoms with E-state index >= 15 is 0 Å². The number of nitrogens with one attached hydrogen (secondary N) is 2. The first-order valence-electron chi connectivity index (χ1n) is 14.4. The lowest BCUT2D eigenvalue weighted by Crippen LogP contribution is -2.32. The van der Waals surface area contributed by atoms with Gasteiger partial charge in [0.2, 0.25) is 11.7 Å². The number of amides is 2. The van der Waals surface area contributed by atoms with Gasteiger partial charge in [-0.25, -0.2) is 4.79 Å². The van der Waals surface area contributed by atoms with Gasteiger partial charge in [-0.15, -0.1) is 0 Å². The summed E-state index contributed by atoms with van der Waals surface area (Å²) in [7, 11) is 4.77. The van der Waals surface area contributed by atoms with Crippen molar-refractivity contribution in [1.82, 2.24) is 5.32 Å². The molecule has 0 bridgehead atoms. The van der Waals surface area contributed by atoms with E-state index in [9.17, 15) is 9.59 Å². The molecule has 0 aliphatic rings. The second-order valence-electron chi connectivity index (χ2n) is 12.4. The maximum Gasteiger partial charge on any atom is 0.407 e. The Morgan fingerprint density at radius 1 is 0.878 bits per heavy atom. The van der Waals surface area contributed by atoms with Crippen LogP contribution in [0.4, 0.5) is 10.5 Å². The Kier molecular flexibility index (Phi) is 12.4. The Hall–Kier alpha value is -3.42. The maximum atomic E-state index is 13.6. The topological polar surface area (TPSA) is 95.1 Å². The van der Waals surface area contributed by atoms with Crippen LogP contribution in [-0.4, -0.2) is 38.9 Å².